The summed E-state index contributed by atoms with van der Waals surface area (Å²) in [6.07, 6.45) is 8.56. The van der Waals surface area contributed by atoms with Gasteiger partial charge in [0.05, 0.1) is 33.3 Å². The molecule has 0 unspecified atom stereocenters. The Morgan fingerprint density at radius 2 is 1.75 bits per heavy atom. The molecule has 1 aliphatic heterocycles. The summed E-state index contributed by atoms with van der Waals surface area (Å²) >= 11 is 3.45. The van der Waals surface area contributed by atoms with Crippen LogP contribution in [0.1, 0.15) is 63.5 Å². The highest BCUT2D eigenvalue weighted by atomic mass is 79.9. The summed E-state index contributed by atoms with van der Waals surface area (Å²) in [5, 5.41) is 0. The van der Waals surface area contributed by atoms with Crippen LogP contribution < -0.4 is 5.69 Å². The van der Waals surface area contributed by atoms with Crippen LogP contribution in [0.4, 0.5) is 0 Å². The van der Waals surface area contributed by atoms with E-state index in [0.717, 1.165) is 50.0 Å². The number of piperidine rings is 1. The number of aryl methyl sites for hydroxylation is 1. The van der Waals surface area contributed by atoms with E-state index in [1.807, 2.05) is 10.6 Å². The van der Waals surface area contributed by atoms with Crippen molar-refractivity contribution in [2.24, 2.45) is 0 Å². The molecular weight excluding hydrogens is 418 g/mol. The van der Waals surface area contributed by atoms with Gasteiger partial charge in [0.25, 0.3) is 0 Å². The second-order valence-electron chi connectivity index (χ2n) is 8.49. The highest BCUT2D eigenvalue weighted by Crippen LogP contribution is 2.31. The minimum absolute atomic E-state index is 0.0487. The molecule has 0 radical (unpaired) electrons. The third-order valence-corrected chi connectivity index (χ3v) is 7.24. The number of nitrogens with zero attached hydrogens (tertiary/aromatic N) is 3. The summed E-state index contributed by atoms with van der Waals surface area (Å²) in [5.41, 5.74) is 3.25. The Morgan fingerprint density at radius 3 is 2.43 bits per heavy atom. The lowest BCUT2D eigenvalue weighted by Gasteiger charge is -2.41. The fourth-order valence-electron chi connectivity index (χ4n) is 5.02. The highest BCUT2D eigenvalue weighted by molar-refractivity contribution is 9.08. The molecule has 2 aromatic rings. The zero-order chi connectivity index (χ0) is 19.7. The van der Waals surface area contributed by atoms with Crippen LogP contribution in [0.25, 0.3) is 11.0 Å². The molecule has 1 saturated heterocycles. The molecule has 0 spiro atoms. The lowest BCUT2D eigenvalue weighted by atomic mass is 9.90. The number of rotatable bonds is 5. The molecule has 1 aromatic heterocycles. The van der Waals surface area contributed by atoms with Crippen LogP contribution >= 0.6 is 16.1 Å². The van der Waals surface area contributed by atoms with E-state index in [4.69, 9.17) is 4.74 Å². The van der Waals surface area contributed by atoms with Crippen molar-refractivity contribution in [3.05, 3.63) is 34.2 Å². The van der Waals surface area contributed by atoms with Crippen LogP contribution in [-0.2, 0) is 4.74 Å². The topological polar surface area (TPSA) is 39.4 Å². The van der Waals surface area contributed by atoms with Gasteiger partial charge in [0, 0.05) is 31.8 Å². The zero-order valence-electron chi connectivity index (χ0n) is 17.1. The van der Waals surface area contributed by atoms with Gasteiger partial charge in [0.1, 0.15) is 0 Å². The highest BCUT2D eigenvalue weighted by Gasteiger charge is 2.31. The molecule has 0 bridgehead atoms. The fourth-order valence-corrected chi connectivity index (χ4v) is 5.49. The normalized spacial score (nSPS) is 24.8. The molecule has 2 heterocycles. The van der Waals surface area contributed by atoms with E-state index in [1.165, 1.54) is 31.2 Å². The maximum Gasteiger partial charge on any atom is 0.339 e. The summed E-state index contributed by atoms with van der Waals surface area (Å²) in [7, 11) is 0. The molecule has 0 atom stereocenters. The summed E-state index contributed by atoms with van der Waals surface area (Å²) < 4.78 is 9.58. The van der Waals surface area contributed by atoms with E-state index in [0.29, 0.717) is 12.1 Å². The summed E-state index contributed by atoms with van der Waals surface area (Å²) in [5.74, 6) is 0. The van der Waals surface area contributed by atoms with Gasteiger partial charge in [-0.2, -0.15) is 0 Å². The van der Waals surface area contributed by atoms with Crippen LogP contribution in [0, 0.1) is 6.92 Å². The number of halogens is 1. The summed E-state index contributed by atoms with van der Waals surface area (Å²) in [6.45, 7) is 7.33. The second kappa shape index (κ2) is 8.72. The number of benzene rings is 1. The predicted octanol–water partition coefficient (Wildman–Crippen LogP) is 4.64. The minimum Gasteiger partial charge on any atom is -0.378 e. The van der Waals surface area contributed by atoms with Gasteiger partial charge in [0.15, 0.2) is 0 Å². The molecular formula is C22H32BrN3O2. The molecule has 1 aliphatic carbocycles. The molecule has 154 valence electrons. The molecule has 28 heavy (non-hydrogen) atoms. The van der Waals surface area contributed by atoms with Crippen molar-refractivity contribution in [1.82, 2.24) is 13.1 Å². The second-order valence-corrected chi connectivity index (χ2v) is 9.20. The molecule has 2 aliphatic rings. The summed E-state index contributed by atoms with van der Waals surface area (Å²) in [4.78, 5) is 15.5. The lowest BCUT2D eigenvalue weighted by Crippen LogP contribution is -2.45. The fraction of sp³-hybridized carbons (Fsp3) is 0.682. The Kier molecular flexibility index (Phi) is 6.28. The average molecular weight is 450 g/mol. The molecule has 1 saturated carbocycles. The molecule has 6 heteroatoms. The van der Waals surface area contributed by atoms with Crippen molar-refractivity contribution in [2.45, 2.75) is 77.0 Å². The Morgan fingerprint density at radius 1 is 1.04 bits per heavy atom. The first-order valence-electron chi connectivity index (χ1n) is 10.8. The third kappa shape index (κ3) is 3.96. The average Bonchev–Trinajstić information content (AvgIpc) is 2.96. The largest absolute Gasteiger partial charge is 0.378 e. The van der Waals surface area contributed by atoms with Crippen LogP contribution in [-0.4, -0.2) is 44.9 Å². The molecule has 0 amide bonds. The van der Waals surface area contributed by atoms with Crippen LogP contribution in [0.15, 0.2) is 23.0 Å². The SMILES string of the molecule is CCCO[C@H]1CC[C@H](N2CCC(n3c(=O)n(Br)c4ccc(C)cc43)CC2)CC1. The van der Waals surface area contributed by atoms with E-state index in [2.05, 4.69) is 47.0 Å². The molecule has 5 nitrogen and oxygen atoms in total. The number of aromatic nitrogens is 2. The molecule has 1 aromatic carbocycles. The van der Waals surface area contributed by atoms with E-state index in [9.17, 15) is 4.79 Å². The Hall–Kier alpha value is -1.11. The number of hydrogen-bond acceptors (Lipinski definition) is 3. The van der Waals surface area contributed by atoms with Crippen LogP contribution in [0.5, 0.6) is 0 Å². The molecule has 4 rings (SSSR count). The monoisotopic (exact) mass is 449 g/mol. The van der Waals surface area contributed by atoms with Gasteiger partial charge in [-0.25, -0.2) is 8.39 Å². The number of fused-ring (bicyclic) bond motifs is 1. The van der Waals surface area contributed by atoms with Crippen molar-refractivity contribution < 1.29 is 4.74 Å². The first-order chi connectivity index (χ1) is 13.6. The standard InChI is InChI=1S/C22H32BrN3O2/c1-3-14-28-19-7-5-17(6-8-19)24-12-10-18(11-13-24)25-21-15-16(2)4-9-20(21)26(23)22(25)27/h4,9,15,17-19H,3,5-8,10-14H2,1-2H3/t17-,19-. The smallest absolute Gasteiger partial charge is 0.339 e. The van der Waals surface area contributed by atoms with Crippen LogP contribution in [0.3, 0.4) is 0 Å². The van der Waals surface area contributed by atoms with Crippen molar-refractivity contribution in [3.63, 3.8) is 0 Å². The van der Waals surface area contributed by atoms with Gasteiger partial charge in [-0.3, -0.25) is 4.57 Å². The Bertz CT molecular complexity index is 859. The number of ether oxygens (including phenoxy) is 1. The van der Waals surface area contributed by atoms with Crippen LogP contribution in [0.2, 0.25) is 0 Å². The minimum atomic E-state index is 0.0487. The number of likely N-dealkylation sites (tertiary alicyclic amines) is 1. The first kappa shape index (κ1) is 20.2. The molecule has 2 fully saturated rings. The van der Waals surface area contributed by atoms with E-state index in [1.54, 1.807) is 3.59 Å². The van der Waals surface area contributed by atoms with E-state index < -0.39 is 0 Å². The van der Waals surface area contributed by atoms with Crippen molar-refractivity contribution >= 4 is 27.2 Å². The van der Waals surface area contributed by atoms with E-state index >= 15 is 0 Å². The number of imidazole rings is 1. The predicted molar refractivity (Wildman–Crippen MR) is 117 cm³/mol. The Labute approximate surface area is 176 Å². The van der Waals surface area contributed by atoms with Gasteiger partial charge in [-0.15, -0.1) is 0 Å². The van der Waals surface area contributed by atoms with Crippen molar-refractivity contribution in [1.29, 1.82) is 0 Å². The van der Waals surface area contributed by atoms with Gasteiger partial charge in [0.2, 0.25) is 0 Å². The third-order valence-electron chi connectivity index (χ3n) is 6.56. The van der Waals surface area contributed by atoms with Gasteiger partial charge in [-0.05, 0) is 69.6 Å². The number of hydrogen-bond donors (Lipinski definition) is 0. The lowest BCUT2D eigenvalue weighted by molar-refractivity contribution is 0.00254. The van der Waals surface area contributed by atoms with Gasteiger partial charge in [-0.1, -0.05) is 13.0 Å². The van der Waals surface area contributed by atoms with Gasteiger partial charge >= 0.3 is 5.69 Å². The Balaban J connectivity index is 1.40. The maximum atomic E-state index is 12.9. The van der Waals surface area contributed by atoms with Crippen molar-refractivity contribution in [3.8, 4) is 0 Å². The van der Waals surface area contributed by atoms with E-state index in [-0.39, 0.29) is 11.7 Å². The maximum absolute atomic E-state index is 12.9. The molecule has 0 N–H and O–H groups in total. The summed E-state index contributed by atoms with van der Waals surface area (Å²) in [6, 6.07) is 7.21. The zero-order valence-corrected chi connectivity index (χ0v) is 18.7. The van der Waals surface area contributed by atoms with Gasteiger partial charge < -0.3 is 9.64 Å². The van der Waals surface area contributed by atoms with Crippen molar-refractivity contribution in [2.75, 3.05) is 19.7 Å². The first-order valence-corrected chi connectivity index (χ1v) is 11.5. The quantitative estimate of drug-likeness (QED) is 0.666.